The summed E-state index contributed by atoms with van der Waals surface area (Å²) in [6, 6.07) is 35.5. The van der Waals surface area contributed by atoms with Crippen LogP contribution in [-0.2, 0) is 20.1 Å². The van der Waals surface area contributed by atoms with Gasteiger partial charge in [0.15, 0.2) is 0 Å². The second kappa shape index (κ2) is 12.7. The van der Waals surface area contributed by atoms with Gasteiger partial charge in [0.25, 0.3) is 0 Å². The third-order valence-electron chi connectivity index (χ3n) is 6.64. The first-order valence-electron chi connectivity index (χ1n) is 13.0. The first-order chi connectivity index (χ1) is 18.3. The molecule has 0 bridgehead atoms. The quantitative estimate of drug-likeness (QED) is 0.132. The van der Waals surface area contributed by atoms with Crippen molar-refractivity contribution in [3.8, 4) is 22.5 Å². The summed E-state index contributed by atoms with van der Waals surface area (Å²) in [4.78, 5) is 9.18. The number of nitrogens with zero attached hydrogens (tertiary/aromatic N) is 2. The fourth-order valence-electron chi connectivity index (χ4n) is 4.42. The summed E-state index contributed by atoms with van der Waals surface area (Å²) in [5.74, 6) is 7.67. The number of pyridine rings is 2. The van der Waals surface area contributed by atoms with Gasteiger partial charge in [-0.2, -0.15) is 0 Å². The van der Waals surface area contributed by atoms with Crippen LogP contribution in [0.5, 0.6) is 0 Å². The molecule has 0 aliphatic heterocycles. The van der Waals surface area contributed by atoms with Crippen molar-refractivity contribution in [1.82, 2.24) is 9.97 Å². The van der Waals surface area contributed by atoms with E-state index in [9.17, 15) is 0 Å². The van der Waals surface area contributed by atoms with Crippen LogP contribution >= 0.6 is 11.3 Å². The molecule has 0 spiro atoms. The molecule has 3 aromatic heterocycles. The van der Waals surface area contributed by atoms with E-state index < -0.39 is 13.3 Å². The van der Waals surface area contributed by atoms with Gasteiger partial charge in [0, 0.05) is 46.5 Å². The third-order valence-corrected chi connectivity index (χ3v) is 12.1. The molecule has 0 atom stereocenters. The molecule has 2 nitrogen and oxygen atoms in total. The molecule has 39 heavy (non-hydrogen) atoms. The molecule has 1 radical (unpaired) electrons. The summed E-state index contributed by atoms with van der Waals surface area (Å²) >= 11 is 0.156. The van der Waals surface area contributed by atoms with Crippen LogP contribution in [0.25, 0.3) is 42.7 Å². The van der Waals surface area contributed by atoms with Crippen molar-refractivity contribution in [2.75, 3.05) is 0 Å². The minimum absolute atomic E-state index is 0. The molecule has 0 saturated carbocycles. The van der Waals surface area contributed by atoms with E-state index >= 15 is 0 Å². The molecule has 3 heterocycles. The zero-order valence-electron chi connectivity index (χ0n) is 23.0. The largest absolute Gasteiger partial charge is 0 e. The maximum atomic E-state index is 4.65. The zero-order valence-corrected chi connectivity index (χ0v) is 28.3. The van der Waals surface area contributed by atoms with Crippen LogP contribution in [0, 0.1) is 12.1 Å². The van der Waals surface area contributed by atoms with Gasteiger partial charge in [0.2, 0.25) is 0 Å². The first kappa shape index (κ1) is 29.4. The smallest absolute Gasteiger partial charge is 0 e. The van der Waals surface area contributed by atoms with Gasteiger partial charge < -0.3 is 4.98 Å². The van der Waals surface area contributed by atoms with Crippen LogP contribution in [0.15, 0.2) is 97.3 Å². The molecule has 0 unspecified atom stereocenters. The zero-order chi connectivity index (χ0) is 26.7. The van der Waals surface area contributed by atoms with Crippen molar-refractivity contribution in [3.05, 3.63) is 115 Å². The van der Waals surface area contributed by atoms with Gasteiger partial charge >= 0.3 is 99.8 Å². The third kappa shape index (κ3) is 6.75. The summed E-state index contributed by atoms with van der Waals surface area (Å²) in [6.45, 7) is 4.50. The molecular weight excluding hydrogens is 733 g/mol. The minimum atomic E-state index is -1.72. The molecule has 0 fully saturated rings. The van der Waals surface area contributed by atoms with Crippen molar-refractivity contribution in [2.45, 2.75) is 37.0 Å². The summed E-state index contributed by atoms with van der Waals surface area (Å²) < 4.78 is 4.13. The number of benzene rings is 3. The van der Waals surface area contributed by atoms with Crippen LogP contribution < -0.4 is 4.40 Å². The number of hydrogen-bond donors (Lipinski definition) is 0. The monoisotopic (exact) mass is 767 g/mol. The Labute approximate surface area is 252 Å². The van der Waals surface area contributed by atoms with Gasteiger partial charge in [-0.15, -0.1) is 47.2 Å². The standard InChI is InChI=1S/C20H16NS.C14H16GeN.Ir/c1-13(2)15-9-6-10-16-17-12-21-18(11-19(17)22-20(15)16)14-7-4-3-5-8-14;1-15(2,3)13-9-10-14(16-11-13)12-7-5-4-6-8-12;/h3-7,9-13H,1-2H3;4-7,9-11H,1-3H3;/q2*-1;. The summed E-state index contributed by atoms with van der Waals surface area (Å²) in [7, 11) is 0. The fraction of sp³-hybridized carbons (Fsp3) is 0.176. The molecule has 0 aliphatic carbocycles. The topological polar surface area (TPSA) is 25.8 Å². The van der Waals surface area contributed by atoms with E-state index in [1.165, 1.54) is 30.1 Å². The van der Waals surface area contributed by atoms with Crippen LogP contribution in [0.1, 0.15) is 25.3 Å². The fourth-order valence-corrected chi connectivity index (χ4v) is 7.96. The number of hydrogen-bond acceptors (Lipinski definition) is 3. The van der Waals surface area contributed by atoms with Crippen molar-refractivity contribution >= 4 is 49.2 Å². The molecular formula is C34H32GeIrN2S-2. The van der Waals surface area contributed by atoms with E-state index in [4.69, 9.17) is 0 Å². The summed E-state index contributed by atoms with van der Waals surface area (Å²) in [5.41, 5.74) is 5.54. The predicted octanol–water partition coefficient (Wildman–Crippen LogP) is 9.13. The van der Waals surface area contributed by atoms with Crippen LogP contribution in [-0.4, -0.2) is 23.2 Å². The van der Waals surface area contributed by atoms with Gasteiger partial charge in [-0.05, 0) is 17.2 Å². The number of rotatable bonds is 4. The average molecular weight is 766 g/mol. The molecule has 5 heteroatoms. The second-order valence-electron chi connectivity index (χ2n) is 10.8. The van der Waals surface area contributed by atoms with E-state index in [-0.39, 0.29) is 20.1 Å². The van der Waals surface area contributed by atoms with Crippen molar-refractivity contribution < 1.29 is 20.1 Å². The average Bonchev–Trinajstić information content (AvgIpc) is 3.32. The van der Waals surface area contributed by atoms with Crippen molar-refractivity contribution in [2.24, 2.45) is 0 Å². The van der Waals surface area contributed by atoms with Crippen LogP contribution in [0.4, 0.5) is 0 Å². The number of thiophene rings is 1. The van der Waals surface area contributed by atoms with E-state index in [0.717, 1.165) is 22.5 Å². The molecule has 6 rings (SSSR count). The normalized spacial score (nSPS) is 11.2. The molecule has 0 N–H and O–H groups in total. The first-order valence-corrected chi connectivity index (χ1v) is 21.2. The van der Waals surface area contributed by atoms with Gasteiger partial charge in [-0.25, -0.2) is 0 Å². The Morgan fingerprint density at radius 1 is 0.718 bits per heavy atom. The molecule has 3 aromatic carbocycles. The second-order valence-corrected chi connectivity index (χ2v) is 22.5. The molecule has 0 amide bonds. The van der Waals surface area contributed by atoms with Gasteiger partial charge in [-0.1, -0.05) is 38.1 Å². The Morgan fingerprint density at radius 2 is 1.38 bits per heavy atom. The van der Waals surface area contributed by atoms with E-state index in [1.54, 1.807) is 0 Å². The molecule has 6 aromatic rings. The van der Waals surface area contributed by atoms with Gasteiger partial charge in [-0.3, -0.25) is 0 Å². The van der Waals surface area contributed by atoms with E-state index in [1.807, 2.05) is 66.2 Å². The summed E-state index contributed by atoms with van der Waals surface area (Å²) in [6.07, 6.45) is 4.05. The molecule has 0 aliphatic rings. The Hall–Kier alpha value is -2.63. The maximum Gasteiger partial charge on any atom is 0 e. The Morgan fingerprint density at radius 3 is 1.95 bits per heavy atom. The van der Waals surface area contributed by atoms with Gasteiger partial charge in [0.1, 0.15) is 0 Å². The van der Waals surface area contributed by atoms with Gasteiger partial charge in [0.05, 0.1) is 0 Å². The van der Waals surface area contributed by atoms with Crippen LogP contribution in [0.3, 0.4) is 0 Å². The van der Waals surface area contributed by atoms with E-state index in [2.05, 4.69) is 95.7 Å². The Kier molecular flexibility index (Phi) is 9.56. The predicted molar refractivity (Wildman–Crippen MR) is 167 cm³/mol. The molecule has 0 saturated heterocycles. The van der Waals surface area contributed by atoms with Crippen LogP contribution in [0.2, 0.25) is 17.3 Å². The van der Waals surface area contributed by atoms with Crippen molar-refractivity contribution in [3.63, 3.8) is 0 Å². The van der Waals surface area contributed by atoms with E-state index in [0.29, 0.717) is 5.92 Å². The molecule has 199 valence electrons. The maximum absolute atomic E-state index is 4.65. The Bertz CT molecular complexity index is 1660. The SMILES string of the molecule is CC(C)c1cccc2c1sc1cc(-c3[c-]cccc3)ncc12.[CH3][Ge]([CH3])([CH3])[c]1ccc(-c2[c-]cccc2)nc1.[Ir]. The van der Waals surface area contributed by atoms with Crippen molar-refractivity contribution in [1.29, 1.82) is 0 Å². The summed E-state index contributed by atoms with van der Waals surface area (Å²) in [5, 5.41) is 2.57. The number of aromatic nitrogens is 2. The number of fused-ring (bicyclic) bond motifs is 3. The minimum Gasteiger partial charge on any atom is 0 e. The Balaban J connectivity index is 0.000000186.